The van der Waals surface area contributed by atoms with E-state index < -0.39 is 0 Å². The number of fused-ring (bicyclic) bond motifs is 1. The van der Waals surface area contributed by atoms with Gasteiger partial charge in [0.05, 0.1) is 24.0 Å². The Hall–Kier alpha value is -2.06. The van der Waals surface area contributed by atoms with Crippen LogP contribution in [-0.4, -0.2) is 0 Å². The molecule has 14 heavy (non-hydrogen) atoms. The third-order valence-corrected chi connectivity index (χ3v) is 2.62. The van der Waals surface area contributed by atoms with Crippen LogP contribution < -0.4 is 0 Å². The highest BCUT2D eigenvalue weighted by Gasteiger charge is 2.34. The van der Waals surface area contributed by atoms with Gasteiger partial charge in [-0.25, -0.2) is 0 Å². The summed E-state index contributed by atoms with van der Waals surface area (Å²) in [5.41, 5.74) is 2.58. The molecule has 0 bridgehead atoms. The van der Waals surface area contributed by atoms with Gasteiger partial charge in [-0.05, 0) is 16.7 Å². The van der Waals surface area contributed by atoms with E-state index in [0.717, 1.165) is 11.1 Å². The zero-order valence-electron chi connectivity index (χ0n) is 7.57. The summed E-state index contributed by atoms with van der Waals surface area (Å²) in [5, 5.41) is 18.0. The fourth-order valence-corrected chi connectivity index (χ4v) is 1.91. The fourth-order valence-electron chi connectivity index (χ4n) is 1.91. The van der Waals surface area contributed by atoms with E-state index in [0.29, 0.717) is 5.57 Å². The fraction of sp³-hybridized carbons (Fsp3) is 0.167. The second-order valence-electron chi connectivity index (χ2n) is 3.33. The van der Waals surface area contributed by atoms with Crippen molar-refractivity contribution >= 4 is 0 Å². The lowest BCUT2D eigenvalue weighted by Crippen LogP contribution is -1.93. The summed E-state index contributed by atoms with van der Waals surface area (Å²) in [6.45, 7) is 3.83. The maximum absolute atomic E-state index is 8.98. The van der Waals surface area contributed by atoms with Crippen LogP contribution in [0, 0.1) is 22.7 Å². The van der Waals surface area contributed by atoms with Crippen LogP contribution in [0.1, 0.15) is 23.0 Å². The van der Waals surface area contributed by atoms with E-state index in [1.54, 1.807) is 0 Å². The minimum absolute atomic E-state index is 0.309. The van der Waals surface area contributed by atoms with Crippen molar-refractivity contribution < 1.29 is 0 Å². The van der Waals surface area contributed by atoms with E-state index in [1.807, 2.05) is 24.3 Å². The van der Waals surface area contributed by atoms with Crippen molar-refractivity contribution in [3.8, 4) is 12.1 Å². The predicted molar refractivity (Wildman–Crippen MR) is 52.3 cm³/mol. The number of nitriles is 2. The number of nitrogens with zero attached hydrogens (tertiary/aromatic N) is 2. The van der Waals surface area contributed by atoms with E-state index >= 15 is 0 Å². The van der Waals surface area contributed by atoms with E-state index in [9.17, 15) is 0 Å². The Labute approximate surface area is 82.7 Å². The molecule has 0 saturated carbocycles. The quantitative estimate of drug-likeness (QED) is 0.576. The van der Waals surface area contributed by atoms with Gasteiger partial charge < -0.3 is 0 Å². The number of rotatable bonds is 0. The lowest BCUT2D eigenvalue weighted by atomic mass is 9.98. The molecule has 0 heterocycles. The van der Waals surface area contributed by atoms with Crippen molar-refractivity contribution in [2.24, 2.45) is 0 Å². The average Bonchev–Trinajstić information content (AvgIpc) is 2.49. The van der Waals surface area contributed by atoms with Gasteiger partial charge in [-0.3, -0.25) is 0 Å². The zero-order chi connectivity index (χ0) is 10.1. The van der Waals surface area contributed by atoms with Gasteiger partial charge in [0.2, 0.25) is 0 Å². The van der Waals surface area contributed by atoms with E-state index in [2.05, 4.69) is 18.7 Å². The molecule has 2 unspecified atom stereocenters. The molecule has 0 aliphatic heterocycles. The summed E-state index contributed by atoms with van der Waals surface area (Å²) in [6.07, 6.45) is 0. The van der Waals surface area contributed by atoms with Crippen molar-refractivity contribution in [1.29, 1.82) is 10.5 Å². The summed E-state index contributed by atoms with van der Waals surface area (Å²) >= 11 is 0. The predicted octanol–water partition coefficient (Wildman–Crippen LogP) is 2.47. The van der Waals surface area contributed by atoms with Gasteiger partial charge in [0.25, 0.3) is 0 Å². The number of allylic oxidation sites excluding steroid dienone is 1. The molecule has 0 spiro atoms. The standard InChI is InChI=1S/C12H8N2/c1-8-11(6-13)9-4-2-3-5-10(9)12(8)7-14/h2-5,11-12H,1H2. The monoisotopic (exact) mass is 180 g/mol. The molecule has 0 N–H and O–H groups in total. The van der Waals surface area contributed by atoms with Gasteiger partial charge in [0.15, 0.2) is 0 Å². The minimum Gasteiger partial charge on any atom is -0.197 e. The SMILES string of the molecule is C=C1C(C#N)c2ccccc2C1C#N. The highest BCUT2D eigenvalue weighted by Crippen LogP contribution is 2.44. The van der Waals surface area contributed by atoms with Crippen LogP contribution >= 0.6 is 0 Å². The van der Waals surface area contributed by atoms with Crippen LogP contribution in [0.3, 0.4) is 0 Å². The summed E-state index contributed by atoms with van der Waals surface area (Å²) in [7, 11) is 0. The van der Waals surface area contributed by atoms with Gasteiger partial charge in [-0.15, -0.1) is 0 Å². The van der Waals surface area contributed by atoms with Crippen LogP contribution in [0.25, 0.3) is 0 Å². The molecule has 2 rings (SSSR count). The zero-order valence-corrected chi connectivity index (χ0v) is 7.57. The van der Waals surface area contributed by atoms with Crippen LogP contribution in [0.4, 0.5) is 0 Å². The Morgan fingerprint density at radius 3 is 1.79 bits per heavy atom. The molecule has 0 fully saturated rings. The van der Waals surface area contributed by atoms with E-state index in [1.165, 1.54) is 0 Å². The van der Waals surface area contributed by atoms with Crippen molar-refractivity contribution in [3.05, 3.63) is 47.5 Å². The Morgan fingerprint density at radius 1 is 1.00 bits per heavy atom. The molecule has 1 aliphatic carbocycles. The molecular weight excluding hydrogens is 172 g/mol. The lowest BCUT2D eigenvalue weighted by Gasteiger charge is -2.01. The molecule has 66 valence electrons. The lowest BCUT2D eigenvalue weighted by molar-refractivity contribution is 0.987. The Bertz CT molecular complexity index is 431. The van der Waals surface area contributed by atoms with Crippen molar-refractivity contribution in [2.75, 3.05) is 0 Å². The van der Waals surface area contributed by atoms with Gasteiger partial charge in [-0.1, -0.05) is 30.8 Å². The smallest absolute Gasteiger partial charge is 0.0939 e. The van der Waals surface area contributed by atoms with Crippen molar-refractivity contribution in [2.45, 2.75) is 11.8 Å². The summed E-state index contributed by atoms with van der Waals surface area (Å²) < 4.78 is 0. The van der Waals surface area contributed by atoms with Gasteiger partial charge >= 0.3 is 0 Å². The van der Waals surface area contributed by atoms with Crippen LogP contribution in [0.5, 0.6) is 0 Å². The minimum atomic E-state index is -0.309. The summed E-state index contributed by atoms with van der Waals surface area (Å²) in [5.74, 6) is -0.619. The van der Waals surface area contributed by atoms with E-state index in [4.69, 9.17) is 10.5 Å². The molecule has 0 amide bonds. The van der Waals surface area contributed by atoms with Gasteiger partial charge in [-0.2, -0.15) is 10.5 Å². The number of hydrogen-bond donors (Lipinski definition) is 0. The van der Waals surface area contributed by atoms with Crippen LogP contribution in [0.15, 0.2) is 36.4 Å². The largest absolute Gasteiger partial charge is 0.197 e. The first-order valence-electron chi connectivity index (χ1n) is 4.36. The second kappa shape index (κ2) is 3.01. The molecule has 0 radical (unpaired) electrons. The van der Waals surface area contributed by atoms with Crippen LogP contribution in [-0.2, 0) is 0 Å². The molecule has 2 atom stereocenters. The first kappa shape index (κ1) is 8.53. The Kier molecular flexibility index (Phi) is 1.84. The van der Waals surface area contributed by atoms with Crippen molar-refractivity contribution in [1.82, 2.24) is 0 Å². The molecule has 1 aromatic rings. The first-order valence-corrected chi connectivity index (χ1v) is 4.36. The molecule has 2 heteroatoms. The number of benzene rings is 1. The molecule has 2 nitrogen and oxygen atoms in total. The highest BCUT2D eigenvalue weighted by atomic mass is 14.4. The Balaban J connectivity index is 2.64. The maximum Gasteiger partial charge on any atom is 0.0939 e. The molecule has 1 aliphatic rings. The first-order chi connectivity index (χ1) is 6.79. The highest BCUT2D eigenvalue weighted by molar-refractivity contribution is 5.55. The average molecular weight is 180 g/mol. The van der Waals surface area contributed by atoms with Crippen molar-refractivity contribution in [3.63, 3.8) is 0 Å². The van der Waals surface area contributed by atoms with Gasteiger partial charge in [0, 0.05) is 0 Å². The van der Waals surface area contributed by atoms with E-state index in [-0.39, 0.29) is 11.8 Å². The third kappa shape index (κ3) is 0.949. The number of hydrogen-bond acceptors (Lipinski definition) is 2. The van der Waals surface area contributed by atoms with Gasteiger partial charge in [0.1, 0.15) is 0 Å². The normalized spacial score (nSPS) is 23.7. The molecular formula is C12H8N2. The third-order valence-electron chi connectivity index (χ3n) is 2.62. The second-order valence-corrected chi connectivity index (χ2v) is 3.33. The molecule has 0 aromatic heterocycles. The maximum atomic E-state index is 8.98. The molecule has 1 aromatic carbocycles. The topological polar surface area (TPSA) is 47.6 Å². The Morgan fingerprint density at radius 2 is 1.43 bits per heavy atom. The summed E-state index contributed by atoms with van der Waals surface area (Å²) in [6, 6.07) is 11.9. The summed E-state index contributed by atoms with van der Waals surface area (Å²) in [4.78, 5) is 0. The molecule has 0 saturated heterocycles. The van der Waals surface area contributed by atoms with Crippen LogP contribution in [0.2, 0.25) is 0 Å².